The maximum Gasteiger partial charge on any atom is 0.263 e. The van der Waals surface area contributed by atoms with Crippen LogP contribution < -0.4 is 4.72 Å². The normalized spacial score (nSPS) is 17.8. The maximum absolute atomic E-state index is 13.5. The van der Waals surface area contributed by atoms with E-state index in [1.807, 2.05) is 0 Å². The minimum absolute atomic E-state index is 0.0632. The highest BCUT2D eigenvalue weighted by Gasteiger charge is 2.45. The van der Waals surface area contributed by atoms with E-state index in [-0.39, 0.29) is 5.03 Å². The Balaban J connectivity index is 2.22. The molecule has 0 unspecified atom stereocenters. The largest absolute Gasteiger partial charge is 0.263 e. The van der Waals surface area contributed by atoms with Gasteiger partial charge < -0.3 is 0 Å². The second-order valence-electron chi connectivity index (χ2n) is 6.27. The van der Waals surface area contributed by atoms with Gasteiger partial charge in [0.15, 0.2) is 5.03 Å². The van der Waals surface area contributed by atoms with E-state index in [0.29, 0.717) is 19.4 Å². The van der Waals surface area contributed by atoms with E-state index in [1.54, 1.807) is 0 Å². The van der Waals surface area contributed by atoms with Gasteiger partial charge in [0.1, 0.15) is 0 Å². The highest BCUT2D eigenvalue weighted by molar-refractivity contribution is 7.89. The molecule has 0 bridgehead atoms. The van der Waals surface area contributed by atoms with Crippen molar-refractivity contribution in [2.75, 3.05) is 0 Å². The van der Waals surface area contributed by atoms with Gasteiger partial charge in [0, 0.05) is 13.5 Å². The quantitative estimate of drug-likeness (QED) is 0.875. The van der Waals surface area contributed by atoms with E-state index >= 15 is 0 Å². The van der Waals surface area contributed by atoms with Gasteiger partial charge in [-0.15, -0.1) is 0 Å². The summed E-state index contributed by atoms with van der Waals surface area (Å²) >= 11 is 0. The number of alkyl halides is 2. The van der Waals surface area contributed by atoms with Gasteiger partial charge in [-0.3, -0.25) is 4.68 Å². The Kier molecular flexibility index (Phi) is 4.14. The molecule has 2 rings (SSSR count). The van der Waals surface area contributed by atoms with Crippen molar-refractivity contribution >= 4 is 10.0 Å². The van der Waals surface area contributed by atoms with Gasteiger partial charge in [0.2, 0.25) is 0 Å². The Bertz CT molecular complexity index is 601. The average molecular weight is 321 g/mol. The van der Waals surface area contributed by atoms with E-state index in [9.17, 15) is 17.2 Å². The number of rotatable bonds is 6. The Hall–Kier alpha value is -1.02. The standard InChI is InChI=1S/C13H21F2N3O2S/c1-12(2,13(3,14)15)17-21(19,20)11-7-8-16-18(11)9-10-5-4-6-10/h7-8,10,17H,4-6,9H2,1-3H3. The molecule has 8 heteroatoms. The molecule has 1 aliphatic carbocycles. The van der Waals surface area contributed by atoms with E-state index in [0.717, 1.165) is 33.1 Å². The Labute approximate surface area is 123 Å². The first-order valence-corrected chi connectivity index (χ1v) is 8.45. The van der Waals surface area contributed by atoms with Crippen LogP contribution in [0.2, 0.25) is 0 Å². The molecule has 5 nitrogen and oxygen atoms in total. The Morgan fingerprint density at radius 3 is 2.48 bits per heavy atom. The lowest BCUT2D eigenvalue weighted by Crippen LogP contribution is -2.55. The number of hydrogen-bond donors (Lipinski definition) is 1. The lowest BCUT2D eigenvalue weighted by atomic mass is 9.85. The average Bonchev–Trinajstić information content (AvgIpc) is 2.68. The fourth-order valence-corrected chi connectivity index (χ4v) is 3.68. The van der Waals surface area contributed by atoms with E-state index in [2.05, 4.69) is 9.82 Å². The first kappa shape index (κ1) is 16.4. The first-order chi connectivity index (χ1) is 9.53. The molecule has 0 saturated heterocycles. The molecule has 1 heterocycles. The van der Waals surface area contributed by atoms with Crippen molar-refractivity contribution in [1.29, 1.82) is 0 Å². The van der Waals surface area contributed by atoms with Gasteiger partial charge in [-0.25, -0.2) is 17.2 Å². The summed E-state index contributed by atoms with van der Waals surface area (Å²) in [7, 11) is -4.05. The van der Waals surface area contributed by atoms with Crippen molar-refractivity contribution < 1.29 is 17.2 Å². The van der Waals surface area contributed by atoms with Crippen molar-refractivity contribution in [3.05, 3.63) is 12.3 Å². The molecule has 0 amide bonds. The van der Waals surface area contributed by atoms with Gasteiger partial charge in [-0.1, -0.05) is 6.42 Å². The lowest BCUT2D eigenvalue weighted by Gasteiger charge is -2.32. The fourth-order valence-electron chi connectivity index (χ4n) is 2.08. The van der Waals surface area contributed by atoms with Gasteiger partial charge in [0.05, 0.1) is 11.7 Å². The van der Waals surface area contributed by atoms with Crippen LogP contribution in [-0.2, 0) is 16.6 Å². The summed E-state index contributed by atoms with van der Waals surface area (Å²) in [5.74, 6) is -2.77. The molecule has 1 aromatic heterocycles. The summed E-state index contributed by atoms with van der Waals surface area (Å²) in [4.78, 5) is 0. The second-order valence-corrected chi connectivity index (χ2v) is 7.90. The number of nitrogens with one attached hydrogen (secondary N) is 1. The number of hydrogen-bond acceptors (Lipinski definition) is 3. The summed E-state index contributed by atoms with van der Waals surface area (Å²) < 4.78 is 55.2. The maximum atomic E-state index is 13.5. The zero-order valence-corrected chi connectivity index (χ0v) is 13.3. The number of sulfonamides is 1. The Morgan fingerprint density at radius 2 is 2.00 bits per heavy atom. The first-order valence-electron chi connectivity index (χ1n) is 6.96. The molecule has 1 fully saturated rings. The zero-order valence-electron chi connectivity index (χ0n) is 12.4. The van der Waals surface area contributed by atoms with Crippen LogP contribution in [0.3, 0.4) is 0 Å². The predicted molar refractivity (Wildman–Crippen MR) is 74.6 cm³/mol. The topological polar surface area (TPSA) is 64.0 Å². The fraction of sp³-hybridized carbons (Fsp3) is 0.769. The molecular formula is C13H21F2N3O2S. The molecular weight excluding hydrogens is 300 g/mol. The highest BCUT2D eigenvalue weighted by Crippen LogP contribution is 2.30. The van der Waals surface area contributed by atoms with E-state index in [1.165, 1.54) is 16.9 Å². The van der Waals surface area contributed by atoms with Gasteiger partial charge in [-0.05, 0) is 38.7 Å². The highest BCUT2D eigenvalue weighted by atomic mass is 32.2. The van der Waals surface area contributed by atoms with Crippen molar-refractivity contribution in [2.45, 2.75) is 63.1 Å². The number of aromatic nitrogens is 2. The second kappa shape index (κ2) is 5.31. The van der Waals surface area contributed by atoms with Crippen LogP contribution >= 0.6 is 0 Å². The SMILES string of the molecule is CC(F)(F)C(C)(C)NS(=O)(=O)c1ccnn1CC1CCC1. The minimum Gasteiger partial charge on any atom is -0.253 e. The molecule has 1 aromatic rings. The molecule has 21 heavy (non-hydrogen) atoms. The van der Waals surface area contributed by atoms with Crippen molar-refractivity contribution in [1.82, 2.24) is 14.5 Å². The van der Waals surface area contributed by atoms with Crippen LogP contribution in [0.25, 0.3) is 0 Å². The molecule has 0 aromatic carbocycles. The zero-order chi connectivity index (χ0) is 15.9. The third-order valence-corrected chi connectivity index (χ3v) is 5.77. The number of nitrogens with zero attached hydrogens (tertiary/aromatic N) is 2. The third-order valence-electron chi connectivity index (χ3n) is 4.10. The van der Waals surface area contributed by atoms with Crippen LogP contribution in [0.4, 0.5) is 8.78 Å². The molecule has 1 aliphatic rings. The molecule has 1 N–H and O–H groups in total. The van der Waals surface area contributed by atoms with Crippen LogP contribution in [0.15, 0.2) is 17.3 Å². The minimum atomic E-state index is -4.05. The van der Waals surface area contributed by atoms with Crippen LogP contribution in [0.1, 0.15) is 40.0 Å². The lowest BCUT2D eigenvalue weighted by molar-refractivity contribution is -0.0489. The summed E-state index contributed by atoms with van der Waals surface area (Å²) in [5.41, 5.74) is -1.88. The summed E-state index contributed by atoms with van der Waals surface area (Å²) in [6, 6.07) is 1.34. The smallest absolute Gasteiger partial charge is 0.253 e. The van der Waals surface area contributed by atoms with Crippen LogP contribution in [0.5, 0.6) is 0 Å². The molecule has 0 atom stereocenters. The molecule has 0 spiro atoms. The van der Waals surface area contributed by atoms with Crippen LogP contribution in [0, 0.1) is 5.92 Å². The molecule has 120 valence electrons. The van der Waals surface area contributed by atoms with Gasteiger partial charge in [-0.2, -0.15) is 9.82 Å². The monoisotopic (exact) mass is 321 g/mol. The summed E-state index contributed by atoms with van der Waals surface area (Å²) in [5, 5.41) is 3.94. The van der Waals surface area contributed by atoms with Gasteiger partial charge >= 0.3 is 0 Å². The third kappa shape index (κ3) is 3.42. The van der Waals surface area contributed by atoms with E-state index < -0.39 is 21.5 Å². The van der Waals surface area contributed by atoms with E-state index in [4.69, 9.17) is 0 Å². The summed E-state index contributed by atoms with van der Waals surface area (Å²) in [6.07, 6.45) is 4.61. The Morgan fingerprint density at radius 1 is 1.38 bits per heavy atom. The van der Waals surface area contributed by atoms with Gasteiger partial charge in [0.25, 0.3) is 15.9 Å². The van der Waals surface area contributed by atoms with Crippen molar-refractivity contribution in [2.24, 2.45) is 5.92 Å². The summed E-state index contributed by atoms with van der Waals surface area (Å²) in [6.45, 7) is 3.53. The predicted octanol–water partition coefficient (Wildman–Crippen LogP) is 2.40. The molecule has 1 saturated carbocycles. The van der Waals surface area contributed by atoms with Crippen molar-refractivity contribution in [3.8, 4) is 0 Å². The van der Waals surface area contributed by atoms with Crippen LogP contribution in [-0.4, -0.2) is 29.7 Å². The molecule has 0 aliphatic heterocycles. The number of halogens is 2. The van der Waals surface area contributed by atoms with Crippen molar-refractivity contribution in [3.63, 3.8) is 0 Å². The molecule has 0 radical (unpaired) electrons.